The second kappa shape index (κ2) is 7.46. The molecule has 1 aliphatic heterocycles. The number of likely N-dealkylation sites (tertiary alicyclic amines) is 1. The highest BCUT2D eigenvalue weighted by molar-refractivity contribution is 5.75. The Labute approximate surface area is 127 Å². The van der Waals surface area contributed by atoms with Crippen molar-refractivity contribution in [2.75, 3.05) is 19.7 Å². The van der Waals surface area contributed by atoms with Gasteiger partial charge in [0.05, 0.1) is 12.6 Å². The number of aliphatic hydroxyl groups is 1. The zero-order valence-electron chi connectivity index (χ0n) is 13.0. The Morgan fingerprint density at radius 2 is 2.14 bits per heavy atom. The monoisotopic (exact) mass is 290 g/mol. The Balaban J connectivity index is 1.91. The van der Waals surface area contributed by atoms with Gasteiger partial charge in [-0.3, -0.25) is 0 Å². The van der Waals surface area contributed by atoms with E-state index in [1.54, 1.807) is 4.90 Å². The molecule has 2 amide bonds. The lowest BCUT2D eigenvalue weighted by atomic mass is 9.96. The molecule has 4 nitrogen and oxygen atoms in total. The maximum absolute atomic E-state index is 12.3. The maximum Gasteiger partial charge on any atom is 0.317 e. The second-order valence-electron chi connectivity index (χ2n) is 5.91. The molecule has 2 N–H and O–H groups in total. The number of rotatable bonds is 5. The van der Waals surface area contributed by atoms with Crippen LogP contribution in [-0.2, 0) is 0 Å². The van der Waals surface area contributed by atoms with Crippen molar-refractivity contribution in [1.82, 2.24) is 10.2 Å². The van der Waals surface area contributed by atoms with Gasteiger partial charge in [0.25, 0.3) is 0 Å². The molecule has 1 aliphatic rings. The van der Waals surface area contributed by atoms with Gasteiger partial charge in [0.15, 0.2) is 0 Å². The highest BCUT2D eigenvalue weighted by Gasteiger charge is 2.33. The Hall–Kier alpha value is -1.55. The van der Waals surface area contributed by atoms with E-state index in [1.165, 1.54) is 5.56 Å². The first-order valence-electron chi connectivity index (χ1n) is 7.87. The fourth-order valence-corrected chi connectivity index (χ4v) is 3.07. The van der Waals surface area contributed by atoms with E-state index in [0.29, 0.717) is 18.4 Å². The quantitative estimate of drug-likeness (QED) is 0.876. The zero-order valence-corrected chi connectivity index (χ0v) is 13.0. The van der Waals surface area contributed by atoms with Crippen LogP contribution >= 0.6 is 0 Å². The standard InChI is InChI=1S/C17H26N2O2/c1-3-14(15-7-5-4-6-8-15)11-18-17(21)19-10-9-13(2)16(19)12-20/h4-8,13-14,16,20H,3,9-12H2,1-2H3,(H,18,21)/t13-,14+,16+/m0/s1. The van der Waals surface area contributed by atoms with E-state index in [4.69, 9.17) is 0 Å². The third-order valence-corrected chi connectivity index (χ3v) is 4.59. The van der Waals surface area contributed by atoms with Crippen molar-refractivity contribution in [3.63, 3.8) is 0 Å². The van der Waals surface area contributed by atoms with E-state index in [0.717, 1.165) is 19.4 Å². The minimum Gasteiger partial charge on any atom is -0.394 e. The van der Waals surface area contributed by atoms with Gasteiger partial charge in [0.2, 0.25) is 0 Å². The van der Waals surface area contributed by atoms with Gasteiger partial charge in [0.1, 0.15) is 0 Å². The van der Waals surface area contributed by atoms with Gasteiger partial charge >= 0.3 is 6.03 Å². The van der Waals surface area contributed by atoms with Crippen LogP contribution in [0.25, 0.3) is 0 Å². The normalized spacial score (nSPS) is 23.1. The smallest absolute Gasteiger partial charge is 0.317 e. The van der Waals surface area contributed by atoms with Crippen LogP contribution in [0.5, 0.6) is 0 Å². The number of benzene rings is 1. The van der Waals surface area contributed by atoms with Gasteiger partial charge in [-0.15, -0.1) is 0 Å². The van der Waals surface area contributed by atoms with E-state index < -0.39 is 0 Å². The Morgan fingerprint density at radius 1 is 1.43 bits per heavy atom. The SMILES string of the molecule is CC[C@H](CNC(=O)N1CC[C@H](C)[C@H]1CO)c1ccccc1. The fraction of sp³-hybridized carbons (Fsp3) is 0.588. The summed E-state index contributed by atoms with van der Waals surface area (Å²) >= 11 is 0. The van der Waals surface area contributed by atoms with Crippen molar-refractivity contribution in [2.24, 2.45) is 5.92 Å². The molecule has 0 bridgehead atoms. The van der Waals surface area contributed by atoms with E-state index >= 15 is 0 Å². The summed E-state index contributed by atoms with van der Waals surface area (Å²) in [4.78, 5) is 14.1. The first kappa shape index (κ1) is 15.8. The summed E-state index contributed by atoms with van der Waals surface area (Å²) in [6.07, 6.45) is 1.96. The van der Waals surface area contributed by atoms with Crippen molar-refractivity contribution < 1.29 is 9.90 Å². The minimum absolute atomic E-state index is 0.0400. The second-order valence-corrected chi connectivity index (χ2v) is 5.91. The molecule has 4 heteroatoms. The van der Waals surface area contributed by atoms with Crippen LogP contribution in [0.15, 0.2) is 30.3 Å². The fourth-order valence-electron chi connectivity index (χ4n) is 3.07. The number of hydrogen-bond donors (Lipinski definition) is 2. The van der Waals surface area contributed by atoms with E-state index in [1.807, 2.05) is 18.2 Å². The van der Waals surface area contributed by atoms with Crippen molar-refractivity contribution in [3.05, 3.63) is 35.9 Å². The summed E-state index contributed by atoms with van der Waals surface area (Å²) in [5.41, 5.74) is 1.26. The number of carbonyl (C=O) groups excluding carboxylic acids is 1. The van der Waals surface area contributed by atoms with Crippen LogP contribution in [0.3, 0.4) is 0 Å². The van der Waals surface area contributed by atoms with Crippen LogP contribution in [0.4, 0.5) is 4.79 Å². The number of nitrogens with one attached hydrogen (secondary N) is 1. The van der Waals surface area contributed by atoms with Gasteiger partial charge in [-0.05, 0) is 24.3 Å². The zero-order chi connectivity index (χ0) is 15.2. The van der Waals surface area contributed by atoms with Crippen molar-refractivity contribution >= 4 is 6.03 Å². The first-order valence-corrected chi connectivity index (χ1v) is 7.87. The molecule has 1 aromatic carbocycles. The van der Waals surface area contributed by atoms with E-state index in [2.05, 4.69) is 31.3 Å². The maximum atomic E-state index is 12.3. The number of hydrogen-bond acceptors (Lipinski definition) is 2. The summed E-state index contributed by atoms with van der Waals surface area (Å²) in [6.45, 7) is 5.65. The Morgan fingerprint density at radius 3 is 2.76 bits per heavy atom. The molecule has 1 fully saturated rings. The molecule has 0 unspecified atom stereocenters. The van der Waals surface area contributed by atoms with Crippen LogP contribution < -0.4 is 5.32 Å². The van der Waals surface area contributed by atoms with Gasteiger partial charge in [-0.1, -0.05) is 44.2 Å². The van der Waals surface area contributed by atoms with Gasteiger partial charge in [-0.25, -0.2) is 4.79 Å². The third-order valence-electron chi connectivity index (χ3n) is 4.59. The van der Waals surface area contributed by atoms with Crippen LogP contribution in [0, 0.1) is 5.92 Å². The van der Waals surface area contributed by atoms with Crippen LogP contribution in [-0.4, -0.2) is 41.8 Å². The van der Waals surface area contributed by atoms with Crippen molar-refractivity contribution in [3.8, 4) is 0 Å². The third kappa shape index (κ3) is 3.76. The largest absolute Gasteiger partial charge is 0.394 e. The molecule has 0 aromatic heterocycles. The average molecular weight is 290 g/mol. The number of nitrogens with zero attached hydrogens (tertiary/aromatic N) is 1. The minimum atomic E-state index is -0.0484. The molecule has 21 heavy (non-hydrogen) atoms. The Bertz CT molecular complexity index is 449. The topological polar surface area (TPSA) is 52.6 Å². The van der Waals surface area contributed by atoms with Gasteiger partial charge < -0.3 is 15.3 Å². The van der Waals surface area contributed by atoms with Crippen molar-refractivity contribution in [2.45, 2.75) is 38.6 Å². The molecular weight excluding hydrogens is 264 g/mol. The molecule has 2 rings (SSSR count). The lowest BCUT2D eigenvalue weighted by Gasteiger charge is -2.26. The summed E-state index contributed by atoms with van der Waals surface area (Å²) < 4.78 is 0. The number of carbonyl (C=O) groups is 1. The van der Waals surface area contributed by atoms with Crippen LogP contribution in [0.1, 0.15) is 38.2 Å². The van der Waals surface area contributed by atoms with Gasteiger partial charge in [-0.2, -0.15) is 0 Å². The highest BCUT2D eigenvalue weighted by Crippen LogP contribution is 2.24. The Kier molecular flexibility index (Phi) is 5.62. The molecular formula is C17H26N2O2. The molecule has 3 atom stereocenters. The van der Waals surface area contributed by atoms with Crippen molar-refractivity contribution in [1.29, 1.82) is 0 Å². The molecule has 116 valence electrons. The van der Waals surface area contributed by atoms with E-state index in [9.17, 15) is 9.90 Å². The van der Waals surface area contributed by atoms with E-state index in [-0.39, 0.29) is 18.7 Å². The predicted molar refractivity (Wildman–Crippen MR) is 84.2 cm³/mol. The van der Waals surface area contributed by atoms with Gasteiger partial charge in [0, 0.05) is 19.0 Å². The lowest BCUT2D eigenvalue weighted by Crippen LogP contribution is -2.46. The molecule has 1 heterocycles. The highest BCUT2D eigenvalue weighted by atomic mass is 16.3. The summed E-state index contributed by atoms with van der Waals surface area (Å²) in [7, 11) is 0. The molecule has 0 spiro atoms. The molecule has 0 aliphatic carbocycles. The lowest BCUT2D eigenvalue weighted by molar-refractivity contribution is 0.143. The molecule has 0 saturated carbocycles. The summed E-state index contributed by atoms with van der Waals surface area (Å²) in [5.74, 6) is 0.708. The predicted octanol–water partition coefficient (Wildman–Crippen LogP) is 2.59. The summed E-state index contributed by atoms with van der Waals surface area (Å²) in [5, 5.41) is 12.5. The molecule has 0 radical (unpaired) electrons. The molecule has 1 saturated heterocycles. The summed E-state index contributed by atoms with van der Waals surface area (Å²) in [6, 6.07) is 10.2. The number of aliphatic hydroxyl groups excluding tert-OH is 1. The number of amides is 2. The first-order chi connectivity index (χ1) is 10.2. The number of urea groups is 1. The molecule has 1 aromatic rings. The van der Waals surface area contributed by atoms with Crippen LogP contribution in [0.2, 0.25) is 0 Å². The average Bonchev–Trinajstić information content (AvgIpc) is 2.89.